The molecule has 0 radical (unpaired) electrons. The molecule has 1 atom stereocenters. The smallest absolute Gasteiger partial charge is 0.262 e. The third-order valence-corrected chi connectivity index (χ3v) is 2.97. The SMILES string of the molecule is Cc1cc(Br)cc(C)c1OC(C)C(=O)N(C)C. The van der Waals surface area contributed by atoms with E-state index in [1.54, 1.807) is 21.0 Å². The number of rotatable bonds is 3. The lowest BCUT2D eigenvalue weighted by Gasteiger charge is -2.20. The molecular formula is C13H18BrNO2. The fourth-order valence-electron chi connectivity index (χ4n) is 1.67. The van der Waals surface area contributed by atoms with Crippen molar-refractivity contribution in [3.05, 3.63) is 27.7 Å². The summed E-state index contributed by atoms with van der Waals surface area (Å²) in [5, 5.41) is 0. The topological polar surface area (TPSA) is 29.5 Å². The number of ether oxygens (including phenoxy) is 1. The maximum atomic E-state index is 11.7. The lowest BCUT2D eigenvalue weighted by molar-refractivity contribution is -0.135. The zero-order chi connectivity index (χ0) is 13.2. The number of halogens is 1. The van der Waals surface area contributed by atoms with Crippen LogP contribution < -0.4 is 4.74 Å². The highest BCUT2D eigenvalue weighted by molar-refractivity contribution is 9.10. The van der Waals surface area contributed by atoms with E-state index in [4.69, 9.17) is 4.74 Å². The molecule has 0 aliphatic carbocycles. The van der Waals surface area contributed by atoms with Gasteiger partial charge in [-0.2, -0.15) is 0 Å². The molecule has 1 aromatic carbocycles. The van der Waals surface area contributed by atoms with Crippen molar-refractivity contribution in [3.63, 3.8) is 0 Å². The van der Waals surface area contributed by atoms with E-state index in [2.05, 4.69) is 15.9 Å². The predicted octanol–water partition coefficient (Wildman–Crippen LogP) is 2.92. The van der Waals surface area contributed by atoms with Crippen molar-refractivity contribution in [2.75, 3.05) is 14.1 Å². The van der Waals surface area contributed by atoms with E-state index in [-0.39, 0.29) is 5.91 Å². The zero-order valence-electron chi connectivity index (χ0n) is 10.9. The van der Waals surface area contributed by atoms with Crippen LogP contribution >= 0.6 is 15.9 Å². The number of likely N-dealkylation sites (N-methyl/N-ethyl adjacent to an activating group) is 1. The first-order valence-electron chi connectivity index (χ1n) is 5.47. The van der Waals surface area contributed by atoms with Gasteiger partial charge in [-0.05, 0) is 44.0 Å². The molecule has 0 fully saturated rings. The van der Waals surface area contributed by atoms with Gasteiger partial charge in [-0.3, -0.25) is 4.79 Å². The fraction of sp³-hybridized carbons (Fsp3) is 0.462. The van der Waals surface area contributed by atoms with Gasteiger partial charge in [-0.25, -0.2) is 0 Å². The van der Waals surface area contributed by atoms with E-state index in [9.17, 15) is 4.79 Å². The standard InChI is InChI=1S/C13H18BrNO2/c1-8-6-11(14)7-9(2)12(8)17-10(3)13(16)15(4)5/h6-7,10H,1-5H3. The van der Waals surface area contributed by atoms with Crippen LogP contribution in [-0.2, 0) is 4.79 Å². The summed E-state index contributed by atoms with van der Waals surface area (Å²) in [5.74, 6) is 0.752. The summed E-state index contributed by atoms with van der Waals surface area (Å²) in [6.45, 7) is 5.71. The van der Waals surface area contributed by atoms with Crippen molar-refractivity contribution >= 4 is 21.8 Å². The molecule has 0 saturated carbocycles. The summed E-state index contributed by atoms with van der Waals surface area (Å²) in [6.07, 6.45) is -0.469. The summed E-state index contributed by atoms with van der Waals surface area (Å²) in [5.41, 5.74) is 2.05. The molecule has 17 heavy (non-hydrogen) atoms. The number of carbonyl (C=O) groups is 1. The minimum Gasteiger partial charge on any atom is -0.480 e. The molecule has 0 spiro atoms. The van der Waals surface area contributed by atoms with E-state index in [1.165, 1.54) is 4.90 Å². The number of hydrogen-bond acceptors (Lipinski definition) is 2. The molecule has 0 aromatic heterocycles. The number of aryl methyl sites for hydroxylation is 2. The number of amides is 1. The van der Waals surface area contributed by atoms with Gasteiger partial charge in [0.05, 0.1) is 0 Å². The van der Waals surface area contributed by atoms with Crippen molar-refractivity contribution in [2.45, 2.75) is 26.9 Å². The second-order valence-corrected chi connectivity index (χ2v) is 5.28. The van der Waals surface area contributed by atoms with Crippen LogP contribution in [0.15, 0.2) is 16.6 Å². The van der Waals surface area contributed by atoms with E-state index < -0.39 is 6.10 Å². The van der Waals surface area contributed by atoms with Crippen LogP contribution in [0.2, 0.25) is 0 Å². The van der Waals surface area contributed by atoms with Crippen molar-refractivity contribution in [3.8, 4) is 5.75 Å². The lowest BCUT2D eigenvalue weighted by Crippen LogP contribution is -2.35. The Hall–Kier alpha value is -1.03. The van der Waals surface area contributed by atoms with Gasteiger partial charge in [0, 0.05) is 18.6 Å². The van der Waals surface area contributed by atoms with Crippen molar-refractivity contribution in [2.24, 2.45) is 0 Å². The molecule has 4 heteroatoms. The summed E-state index contributed by atoms with van der Waals surface area (Å²) in [4.78, 5) is 13.3. The second kappa shape index (κ2) is 5.54. The lowest BCUT2D eigenvalue weighted by atomic mass is 10.1. The Morgan fingerprint density at radius 2 is 1.76 bits per heavy atom. The van der Waals surface area contributed by atoms with Gasteiger partial charge in [0.15, 0.2) is 6.10 Å². The van der Waals surface area contributed by atoms with E-state index in [0.29, 0.717) is 0 Å². The number of nitrogens with zero attached hydrogens (tertiary/aromatic N) is 1. The van der Waals surface area contributed by atoms with Gasteiger partial charge in [-0.1, -0.05) is 15.9 Å². The molecular weight excluding hydrogens is 282 g/mol. The Labute approximate surface area is 111 Å². The highest BCUT2D eigenvalue weighted by Gasteiger charge is 2.18. The van der Waals surface area contributed by atoms with Gasteiger partial charge in [0.25, 0.3) is 5.91 Å². The average Bonchev–Trinajstić information content (AvgIpc) is 2.21. The normalized spacial score (nSPS) is 12.1. The monoisotopic (exact) mass is 299 g/mol. The molecule has 0 saturated heterocycles. The van der Waals surface area contributed by atoms with Gasteiger partial charge in [0.2, 0.25) is 0 Å². The molecule has 1 aromatic rings. The van der Waals surface area contributed by atoms with Crippen LogP contribution in [0, 0.1) is 13.8 Å². The third kappa shape index (κ3) is 3.46. The van der Waals surface area contributed by atoms with E-state index >= 15 is 0 Å². The number of carbonyl (C=O) groups excluding carboxylic acids is 1. The maximum Gasteiger partial charge on any atom is 0.262 e. The van der Waals surface area contributed by atoms with Crippen LogP contribution in [0.1, 0.15) is 18.1 Å². The van der Waals surface area contributed by atoms with Crippen molar-refractivity contribution < 1.29 is 9.53 Å². The minimum absolute atomic E-state index is 0.0354. The van der Waals surface area contributed by atoms with Gasteiger partial charge >= 0.3 is 0 Å². The molecule has 1 amide bonds. The van der Waals surface area contributed by atoms with Crippen LogP contribution in [0.4, 0.5) is 0 Å². The molecule has 0 aliphatic heterocycles. The van der Waals surface area contributed by atoms with Gasteiger partial charge < -0.3 is 9.64 Å². The van der Waals surface area contributed by atoms with Crippen LogP contribution in [0.25, 0.3) is 0 Å². The Bertz CT molecular complexity index is 406. The number of benzene rings is 1. The second-order valence-electron chi connectivity index (χ2n) is 4.36. The third-order valence-electron chi connectivity index (χ3n) is 2.51. The Kier molecular flexibility index (Phi) is 4.57. The summed E-state index contributed by atoms with van der Waals surface area (Å²) < 4.78 is 6.76. The van der Waals surface area contributed by atoms with Gasteiger partial charge in [0.1, 0.15) is 5.75 Å². The maximum absolute atomic E-state index is 11.7. The fourth-order valence-corrected chi connectivity index (χ4v) is 2.36. The predicted molar refractivity (Wildman–Crippen MR) is 72.4 cm³/mol. The van der Waals surface area contributed by atoms with E-state index in [1.807, 2.05) is 26.0 Å². The van der Waals surface area contributed by atoms with Crippen LogP contribution in [0.5, 0.6) is 5.75 Å². The van der Waals surface area contributed by atoms with Crippen molar-refractivity contribution in [1.29, 1.82) is 0 Å². The Morgan fingerprint density at radius 3 is 2.18 bits per heavy atom. The minimum atomic E-state index is -0.469. The molecule has 0 heterocycles. The number of hydrogen-bond donors (Lipinski definition) is 0. The highest BCUT2D eigenvalue weighted by Crippen LogP contribution is 2.28. The zero-order valence-corrected chi connectivity index (χ0v) is 12.5. The summed E-state index contributed by atoms with van der Waals surface area (Å²) >= 11 is 3.43. The Morgan fingerprint density at radius 1 is 1.29 bits per heavy atom. The highest BCUT2D eigenvalue weighted by atomic mass is 79.9. The van der Waals surface area contributed by atoms with Gasteiger partial charge in [-0.15, -0.1) is 0 Å². The quantitative estimate of drug-likeness (QED) is 0.859. The molecule has 3 nitrogen and oxygen atoms in total. The largest absolute Gasteiger partial charge is 0.480 e. The van der Waals surface area contributed by atoms with Crippen LogP contribution in [-0.4, -0.2) is 31.0 Å². The molecule has 1 unspecified atom stereocenters. The first-order chi connectivity index (χ1) is 7.82. The average molecular weight is 300 g/mol. The molecule has 94 valence electrons. The first-order valence-corrected chi connectivity index (χ1v) is 6.26. The van der Waals surface area contributed by atoms with Crippen LogP contribution in [0.3, 0.4) is 0 Å². The Balaban J connectivity index is 2.92. The summed E-state index contributed by atoms with van der Waals surface area (Å²) in [7, 11) is 3.45. The van der Waals surface area contributed by atoms with E-state index in [0.717, 1.165) is 21.3 Å². The summed E-state index contributed by atoms with van der Waals surface area (Å²) in [6, 6.07) is 3.96. The first kappa shape index (κ1) is 14.0. The molecule has 0 aliphatic rings. The molecule has 0 N–H and O–H groups in total. The molecule has 0 bridgehead atoms. The van der Waals surface area contributed by atoms with Crippen molar-refractivity contribution in [1.82, 2.24) is 4.90 Å². The molecule has 1 rings (SSSR count).